The fourth-order valence-electron chi connectivity index (χ4n) is 2.68. The van der Waals surface area contributed by atoms with E-state index < -0.39 is 0 Å². The molecule has 2 aromatic carbocycles. The van der Waals surface area contributed by atoms with E-state index in [-0.39, 0.29) is 5.91 Å². The second kappa shape index (κ2) is 10.8. The average Bonchev–Trinajstić information content (AvgIpc) is 2.77. The molecule has 3 aromatic rings. The second-order valence-corrected chi connectivity index (χ2v) is 6.46. The van der Waals surface area contributed by atoms with E-state index >= 15 is 0 Å². The van der Waals surface area contributed by atoms with Gasteiger partial charge in [-0.3, -0.25) is 4.79 Å². The SMILES string of the molecule is COCCCNc1cc(C(=O)Nc2ccc(OCc3ccccc3)cc2)ccn1. The third-order valence-corrected chi connectivity index (χ3v) is 4.21. The van der Waals surface area contributed by atoms with E-state index in [2.05, 4.69) is 15.6 Å². The van der Waals surface area contributed by atoms with Crippen LogP contribution in [0.25, 0.3) is 0 Å². The largest absolute Gasteiger partial charge is 0.489 e. The molecular formula is C23H25N3O3. The van der Waals surface area contributed by atoms with Gasteiger partial charge in [0.15, 0.2) is 0 Å². The quantitative estimate of drug-likeness (QED) is 0.503. The minimum atomic E-state index is -0.190. The van der Waals surface area contributed by atoms with Gasteiger partial charge in [0.25, 0.3) is 5.91 Å². The van der Waals surface area contributed by atoms with Crippen molar-refractivity contribution in [3.8, 4) is 5.75 Å². The number of methoxy groups -OCH3 is 1. The minimum absolute atomic E-state index is 0.190. The van der Waals surface area contributed by atoms with Crippen molar-refractivity contribution >= 4 is 17.4 Å². The van der Waals surface area contributed by atoms with Gasteiger partial charge in [0.1, 0.15) is 18.2 Å². The van der Waals surface area contributed by atoms with Crippen molar-refractivity contribution in [2.75, 3.05) is 30.9 Å². The van der Waals surface area contributed by atoms with Crippen LogP contribution in [0.4, 0.5) is 11.5 Å². The fourth-order valence-corrected chi connectivity index (χ4v) is 2.68. The summed E-state index contributed by atoms with van der Waals surface area (Å²) in [6.45, 7) is 1.91. The molecule has 0 atom stereocenters. The van der Waals surface area contributed by atoms with Gasteiger partial charge in [-0.25, -0.2) is 4.98 Å². The van der Waals surface area contributed by atoms with E-state index in [0.717, 1.165) is 24.3 Å². The van der Waals surface area contributed by atoms with Gasteiger partial charge in [-0.2, -0.15) is 0 Å². The van der Waals surface area contributed by atoms with Gasteiger partial charge in [-0.05, 0) is 48.4 Å². The number of nitrogens with one attached hydrogen (secondary N) is 2. The van der Waals surface area contributed by atoms with Crippen LogP contribution in [-0.4, -0.2) is 31.2 Å². The lowest BCUT2D eigenvalue weighted by Gasteiger charge is -2.10. The molecule has 1 heterocycles. The number of carbonyl (C=O) groups is 1. The molecule has 6 nitrogen and oxygen atoms in total. The first kappa shape index (κ1) is 20.4. The number of rotatable bonds is 10. The zero-order valence-electron chi connectivity index (χ0n) is 16.4. The van der Waals surface area contributed by atoms with Crippen LogP contribution >= 0.6 is 0 Å². The highest BCUT2D eigenvalue weighted by Crippen LogP contribution is 2.18. The van der Waals surface area contributed by atoms with Crippen LogP contribution in [0.1, 0.15) is 22.3 Å². The topological polar surface area (TPSA) is 72.5 Å². The Hall–Kier alpha value is -3.38. The first-order valence-corrected chi connectivity index (χ1v) is 9.51. The average molecular weight is 391 g/mol. The monoisotopic (exact) mass is 391 g/mol. The molecule has 2 N–H and O–H groups in total. The van der Waals surface area contributed by atoms with Crippen molar-refractivity contribution < 1.29 is 14.3 Å². The molecule has 0 bridgehead atoms. The van der Waals surface area contributed by atoms with E-state index in [1.165, 1.54) is 0 Å². The Morgan fingerprint density at radius 1 is 1.03 bits per heavy atom. The van der Waals surface area contributed by atoms with Crippen LogP contribution in [0.2, 0.25) is 0 Å². The standard InChI is InChI=1S/C23H25N3O3/c1-28-15-5-13-24-22-16-19(12-14-25-22)23(27)26-20-8-10-21(11-9-20)29-17-18-6-3-2-4-7-18/h2-4,6-12,14,16H,5,13,15,17H2,1H3,(H,24,25)(H,26,27). The summed E-state index contributed by atoms with van der Waals surface area (Å²) in [5, 5.41) is 6.08. The Balaban J connectivity index is 1.52. The molecule has 1 amide bonds. The Morgan fingerprint density at radius 2 is 1.83 bits per heavy atom. The molecule has 1 aromatic heterocycles. The van der Waals surface area contributed by atoms with Crippen LogP contribution in [0.3, 0.4) is 0 Å². The van der Waals surface area contributed by atoms with Crippen LogP contribution in [-0.2, 0) is 11.3 Å². The molecule has 0 saturated carbocycles. The number of aromatic nitrogens is 1. The van der Waals surface area contributed by atoms with Gasteiger partial charge in [0, 0.05) is 37.7 Å². The first-order valence-electron chi connectivity index (χ1n) is 9.51. The van der Waals surface area contributed by atoms with Gasteiger partial charge in [0.05, 0.1) is 0 Å². The zero-order valence-corrected chi connectivity index (χ0v) is 16.4. The lowest BCUT2D eigenvalue weighted by Crippen LogP contribution is -2.13. The van der Waals surface area contributed by atoms with Gasteiger partial charge >= 0.3 is 0 Å². The van der Waals surface area contributed by atoms with E-state index in [1.807, 2.05) is 54.6 Å². The summed E-state index contributed by atoms with van der Waals surface area (Å²) >= 11 is 0. The van der Waals surface area contributed by atoms with Gasteiger partial charge in [-0.15, -0.1) is 0 Å². The lowest BCUT2D eigenvalue weighted by atomic mass is 10.2. The number of amides is 1. The Bertz CT molecular complexity index is 899. The van der Waals surface area contributed by atoms with Gasteiger partial charge in [-0.1, -0.05) is 30.3 Å². The zero-order chi connectivity index (χ0) is 20.3. The number of anilines is 2. The Morgan fingerprint density at radius 3 is 2.59 bits per heavy atom. The van der Waals surface area contributed by atoms with Crippen molar-refractivity contribution in [2.45, 2.75) is 13.0 Å². The normalized spacial score (nSPS) is 10.4. The van der Waals surface area contributed by atoms with Crippen molar-refractivity contribution in [2.24, 2.45) is 0 Å². The molecule has 3 rings (SSSR count). The molecule has 0 spiro atoms. The number of benzene rings is 2. The summed E-state index contributed by atoms with van der Waals surface area (Å²) in [5.74, 6) is 1.22. The summed E-state index contributed by atoms with van der Waals surface area (Å²) in [4.78, 5) is 16.8. The molecule has 0 radical (unpaired) electrons. The summed E-state index contributed by atoms with van der Waals surface area (Å²) in [6, 6.07) is 20.7. The summed E-state index contributed by atoms with van der Waals surface area (Å²) in [6.07, 6.45) is 2.49. The smallest absolute Gasteiger partial charge is 0.255 e. The highest BCUT2D eigenvalue weighted by molar-refractivity contribution is 6.04. The van der Waals surface area contributed by atoms with Gasteiger partial charge < -0.3 is 20.1 Å². The summed E-state index contributed by atoms with van der Waals surface area (Å²) in [7, 11) is 1.67. The number of nitrogens with zero attached hydrogens (tertiary/aromatic N) is 1. The van der Waals surface area contributed by atoms with Crippen LogP contribution in [0.15, 0.2) is 72.9 Å². The molecule has 0 aliphatic carbocycles. The Labute approximate surface area is 170 Å². The highest BCUT2D eigenvalue weighted by atomic mass is 16.5. The van der Waals surface area contributed by atoms with Crippen LogP contribution in [0.5, 0.6) is 5.75 Å². The lowest BCUT2D eigenvalue weighted by molar-refractivity contribution is 0.102. The number of carbonyl (C=O) groups excluding carboxylic acids is 1. The third kappa shape index (κ3) is 6.62. The molecule has 6 heteroatoms. The van der Waals surface area contributed by atoms with E-state index in [1.54, 1.807) is 25.4 Å². The summed E-state index contributed by atoms with van der Waals surface area (Å²) < 4.78 is 10.8. The Kier molecular flexibility index (Phi) is 7.60. The maximum absolute atomic E-state index is 12.5. The molecule has 29 heavy (non-hydrogen) atoms. The minimum Gasteiger partial charge on any atom is -0.489 e. The number of pyridine rings is 1. The highest BCUT2D eigenvalue weighted by Gasteiger charge is 2.08. The number of ether oxygens (including phenoxy) is 2. The van der Waals surface area contributed by atoms with Crippen molar-refractivity contribution in [3.05, 3.63) is 84.1 Å². The second-order valence-electron chi connectivity index (χ2n) is 6.46. The number of hydrogen-bond acceptors (Lipinski definition) is 5. The van der Waals surface area contributed by atoms with E-state index in [4.69, 9.17) is 9.47 Å². The maximum atomic E-state index is 12.5. The predicted molar refractivity (Wildman–Crippen MR) is 114 cm³/mol. The van der Waals surface area contributed by atoms with E-state index in [0.29, 0.717) is 30.3 Å². The maximum Gasteiger partial charge on any atom is 0.255 e. The molecule has 0 unspecified atom stereocenters. The fraction of sp³-hybridized carbons (Fsp3) is 0.217. The van der Waals surface area contributed by atoms with Crippen LogP contribution < -0.4 is 15.4 Å². The molecule has 150 valence electrons. The summed E-state index contributed by atoms with van der Waals surface area (Å²) in [5.41, 5.74) is 2.35. The van der Waals surface area contributed by atoms with Crippen LogP contribution in [0, 0.1) is 0 Å². The van der Waals surface area contributed by atoms with E-state index in [9.17, 15) is 4.79 Å². The van der Waals surface area contributed by atoms with Crippen molar-refractivity contribution in [3.63, 3.8) is 0 Å². The molecule has 0 aliphatic rings. The van der Waals surface area contributed by atoms with Crippen molar-refractivity contribution in [1.82, 2.24) is 4.98 Å². The molecule has 0 saturated heterocycles. The van der Waals surface area contributed by atoms with Gasteiger partial charge in [0.2, 0.25) is 0 Å². The molecule has 0 fully saturated rings. The molecule has 0 aliphatic heterocycles. The number of hydrogen-bond donors (Lipinski definition) is 2. The predicted octanol–water partition coefficient (Wildman–Crippen LogP) is 4.36. The first-order chi connectivity index (χ1) is 14.2. The molecular weight excluding hydrogens is 366 g/mol. The third-order valence-electron chi connectivity index (χ3n) is 4.21. The van der Waals surface area contributed by atoms with Crippen molar-refractivity contribution in [1.29, 1.82) is 0 Å².